The highest BCUT2D eigenvalue weighted by atomic mass is 79.9. The molecule has 1 aliphatic rings. The summed E-state index contributed by atoms with van der Waals surface area (Å²) in [5, 5.41) is 0. The lowest BCUT2D eigenvalue weighted by molar-refractivity contribution is 0.349. The van der Waals surface area contributed by atoms with E-state index in [1.54, 1.807) is 18.2 Å². The molecule has 0 spiro atoms. The van der Waals surface area contributed by atoms with E-state index in [4.69, 9.17) is 5.73 Å². The van der Waals surface area contributed by atoms with Crippen molar-refractivity contribution in [1.29, 1.82) is 0 Å². The summed E-state index contributed by atoms with van der Waals surface area (Å²) in [5.41, 5.74) is 6.72. The monoisotopic (exact) mass is 333 g/mol. The van der Waals surface area contributed by atoms with Crippen LogP contribution in [0.25, 0.3) is 0 Å². The summed E-state index contributed by atoms with van der Waals surface area (Å²) in [6.45, 7) is 1.17. The lowest BCUT2D eigenvalue weighted by Gasteiger charge is -2.26. The number of nitrogens with two attached hydrogens (primary N) is 1. The normalized spacial score (nSPS) is 17.6. The van der Waals surface area contributed by atoms with Crippen molar-refractivity contribution < 1.29 is 8.42 Å². The first kappa shape index (κ1) is 13.6. The summed E-state index contributed by atoms with van der Waals surface area (Å²) in [6, 6.07) is 5.01. The van der Waals surface area contributed by atoms with Crippen molar-refractivity contribution in [1.82, 2.24) is 4.31 Å². The molecule has 2 rings (SSSR count). The zero-order valence-electron chi connectivity index (χ0n) is 9.89. The Morgan fingerprint density at radius 1 is 1.22 bits per heavy atom. The number of benzene rings is 1. The second-order valence-electron chi connectivity index (χ2n) is 4.30. The van der Waals surface area contributed by atoms with Crippen LogP contribution in [-0.2, 0) is 10.2 Å². The molecule has 1 saturated heterocycles. The van der Waals surface area contributed by atoms with Crippen molar-refractivity contribution in [2.24, 2.45) is 0 Å². The molecule has 5 nitrogen and oxygen atoms in total. The molecule has 1 heterocycles. The topological polar surface area (TPSA) is 75.4 Å². The Morgan fingerprint density at radius 2 is 1.89 bits per heavy atom. The van der Waals surface area contributed by atoms with Gasteiger partial charge in [0.05, 0.1) is 5.69 Å². The van der Waals surface area contributed by atoms with E-state index in [2.05, 4.69) is 20.7 Å². The second-order valence-corrected chi connectivity index (χ2v) is 6.83. The Bertz CT molecular complexity index is 527. The van der Waals surface area contributed by atoms with Gasteiger partial charge >= 0.3 is 10.2 Å². The number of nitrogen functional groups attached to an aromatic ring is 1. The summed E-state index contributed by atoms with van der Waals surface area (Å²) in [4.78, 5) is 0. The third kappa shape index (κ3) is 3.15. The van der Waals surface area contributed by atoms with Gasteiger partial charge in [-0.05, 0) is 47.0 Å². The summed E-state index contributed by atoms with van der Waals surface area (Å²) < 4.78 is 29.0. The minimum atomic E-state index is -3.45. The molecule has 0 atom stereocenters. The first-order chi connectivity index (χ1) is 8.49. The van der Waals surface area contributed by atoms with E-state index < -0.39 is 10.2 Å². The molecule has 0 unspecified atom stereocenters. The van der Waals surface area contributed by atoms with Crippen LogP contribution in [0, 0.1) is 0 Å². The van der Waals surface area contributed by atoms with Crippen LogP contribution in [0.15, 0.2) is 22.7 Å². The molecule has 1 aromatic rings. The van der Waals surface area contributed by atoms with Gasteiger partial charge in [0.2, 0.25) is 0 Å². The molecule has 18 heavy (non-hydrogen) atoms. The Morgan fingerprint density at radius 3 is 2.50 bits per heavy atom. The van der Waals surface area contributed by atoms with Crippen LogP contribution in [0.4, 0.5) is 11.4 Å². The van der Waals surface area contributed by atoms with Crippen LogP contribution >= 0.6 is 15.9 Å². The number of nitrogens with one attached hydrogen (secondary N) is 1. The molecular weight excluding hydrogens is 318 g/mol. The van der Waals surface area contributed by atoms with Gasteiger partial charge < -0.3 is 5.73 Å². The number of piperidine rings is 1. The van der Waals surface area contributed by atoms with Crippen LogP contribution in [0.1, 0.15) is 19.3 Å². The van der Waals surface area contributed by atoms with Gasteiger partial charge in [0.1, 0.15) is 0 Å². The fourth-order valence-corrected chi connectivity index (χ4v) is 3.47. The Kier molecular flexibility index (Phi) is 4.14. The molecule has 0 aromatic heterocycles. The molecule has 100 valence electrons. The van der Waals surface area contributed by atoms with Gasteiger partial charge in [0, 0.05) is 23.2 Å². The fourth-order valence-electron chi connectivity index (χ4n) is 1.93. The van der Waals surface area contributed by atoms with Gasteiger partial charge in [-0.15, -0.1) is 0 Å². The van der Waals surface area contributed by atoms with Crippen molar-refractivity contribution in [2.45, 2.75) is 19.3 Å². The van der Waals surface area contributed by atoms with E-state index in [0.29, 0.717) is 24.5 Å². The average Bonchev–Trinajstić information content (AvgIpc) is 2.35. The molecular formula is C11H16BrN3O2S. The number of rotatable bonds is 3. The molecule has 0 radical (unpaired) electrons. The van der Waals surface area contributed by atoms with Gasteiger partial charge in [-0.1, -0.05) is 6.42 Å². The zero-order chi connectivity index (χ0) is 13.2. The van der Waals surface area contributed by atoms with Crippen molar-refractivity contribution >= 4 is 37.5 Å². The van der Waals surface area contributed by atoms with E-state index in [0.717, 1.165) is 23.7 Å². The second kappa shape index (κ2) is 5.46. The molecule has 0 saturated carbocycles. The largest absolute Gasteiger partial charge is 0.398 e. The summed E-state index contributed by atoms with van der Waals surface area (Å²) in [5.74, 6) is 0. The van der Waals surface area contributed by atoms with Crippen molar-refractivity contribution in [3.05, 3.63) is 22.7 Å². The quantitative estimate of drug-likeness (QED) is 0.832. The average molecular weight is 334 g/mol. The maximum Gasteiger partial charge on any atom is 0.301 e. The lowest BCUT2D eigenvalue weighted by Crippen LogP contribution is -2.39. The van der Waals surface area contributed by atoms with E-state index in [1.807, 2.05) is 0 Å². The third-order valence-electron chi connectivity index (χ3n) is 2.90. The van der Waals surface area contributed by atoms with Crippen molar-refractivity contribution in [3.8, 4) is 0 Å². The highest BCUT2D eigenvalue weighted by Gasteiger charge is 2.23. The molecule has 1 aliphatic heterocycles. The van der Waals surface area contributed by atoms with Crippen LogP contribution in [0.5, 0.6) is 0 Å². The van der Waals surface area contributed by atoms with Crippen LogP contribution < -0.4 is 10.5 Å². The van der Waals surface area contributed by atoms with Crippen LogP contribution in [0.2, 0.25) is 0 Å². The van der Waals surface area contributed by atoms with Gasteiger partial charge in [-0.3, -0.25) is 4.72 Å². The highest BCUT2D eigenvalue weighted by molar-refractivity contribution is 9.10. The van der Waals surface area contributed by atoms with E-state index in [1.165, 1.54) is 4.31 Å². The summed E-state index contributed by atoms with van der Waals surface area (Å²) in [7, 11) is -3.45. The SMILES string of the molecule is Nc1cc(NS(=O)(=O)N2CCCCC2)ccc1Br. The number of halogens is 1. The number of anilines is 2. The predicted octanol–water partition coefficient (Wildman–Crippen LogP) is 2.17. The minimum absolute atomic E-state index is 0.487. The molecule has 7 heteroatoms. The Labute approximate surface area is 116 Å². The Hall–Kier alpha value is -0.790. The van der Waals surface area contributed by atoms with Gasteiger partial charge in [-0.2, -0.15) is 12.7 Å². The Balaban J connectivity index is 2.13. The molecule has 0 bridgehead atoms. The fraction of sp³-hybridized carbons (Fsp3) is 0.455. The minimum Gasteiger partial charge on any atom is -0.398 e. The molecule has 0 aliphatic carbocycles. The highest BCUT2D eigenvalue weighted by Crippen LogP contribution is 2.24. The molecule has 1 fully saturated rings. The van der Waals surface area contributed by atoms with Crippen LogP contribution in [0.3, 0.4) is 0 Å². The first-order valence-electron chi connectivity index (χ1n) is 5.82. The molecule has 0 amide bonds. The first-order valence-corrected chi connectivity index (χ1v) is 8.05. The smallest absolute Gasteiger partial charge is 0.301 e. The number of hydrogen-bond donors (Lipinski definition) is 2. The number of nitrogens with zero attached hydrogens (tertiary/aromatic N) is 1. The van der Waals surface area contributed by atoms with Gasteiger partial charge in [-0.25, -0.2) is 0 Å². The molecule has 1 aromatic carbocycles. The predicted molar refractivity (Wildman–Crippen MR) is 76.5 cm³/mol. The standard InChI is InChI=1S/C11H16BrN3O2S/c12-10-5-4-9(8-11(10)13)14-18(16,17)15-6-2-1-3-7-15/h4-5,8,14H,1-3,6-7,13H2. The summed E-state index contributed by atoms with van der Waals surface area (Å²) in [6.07, 6.45) is 2.93. The van der Waals surface area contributed by atoms with Crippen molar-refractivity contribution in [2.75, 3.05) is 23.5 Å². The zero-order valence-corrected chi connectivity index (χ0v) is 12.3. The number of hydrogen-bond acceptors (Lipinski definition) is 3. The maximum atomic E-state index is 12.1. The van der Waals surface area contributed by atoms with Gasteiger partial charge in [0.15, 0.2) is 0 Å². The van der Waals surface area contributed by atoms with Crippen molar-refractivity contribution in [3.63, 3.8) is 0 Å². The van der Waals surface area contributed by atoms with E-state index in [-0.39, 0.29) is 0 Å². The lowest BCUT2D eigenvalue weighted by atomic mass is 10.2. The van der Waals surface area contributed by atoms with Crippen LogP contribution in [-0.4, -0.2) is 25.8 Å². The molecule has 3 N–H and O–H groups in total. The maximum absolute atomic E-state index is 12.1. The summed E-state index contributed by atoms with van der Waals surface area (Å²) >= 11 is 3.27. The van der Waals surface area contributed by atoms with E-state index in [9.17, 15) is 8.42 Å². The van der Waals surface area contributed by atoms with Gasteiger partial charge in [0.25, 0.3) is 0 Å². The van der Waals surface area contributed by atoms with E-state index >= 15 is 0 Å². The third-order valence-corrected chi connectivity index (χ3v) is 5.16.